The van der Waals surface area contributed by atoms with Crippen LogP contribution in [0.1, 0.15) is 16.1 Å². The van der Waals surface area contributed by atoms with Crippen molar-refractivity contribution < 1.29 is 26.9 Å². The van der Waals surface area contributed by atoms with E-state index in [1.54, 1.807) is 54.7 Å². The van der Waals surface area contributed by atoms with E-state index >= 15 is 0 Å². The zero-order valence-electron chi connectivity index (χ0n) is 20.2. The first-order valence-corrected chi connectivity index (χ1v) is 13.0. The molecule has 0 unspecified atom stereocenters. The summed E-state index contributed by atoms with van der Waals surface area (Å²) in [6, 6.07) is 23.1. The van der Waals surface area contributed by atoms with Crippen molar-refractivity contribution in [1.82, 2.24) is 20.3 Å². The van der Waals surface area contributed by atoms with Crippen LogP contribution in [0.4, 0.5) is 10.7 Å². The van der Waals surface area contributed by atoms with Crippen LogP contribution in [-0.4, -0.2) is 35.4 Å². The molecular formula is C27H21N5O6S. The van der Waals surface area contributed by atoms with Gasteiger partial charge in [-0.05, 0) is 60.7 Å². The zero-order chi connectivity index (χ0) is 27.2. The van der Waals surface area contributed by atoms with E-state index in [0.29, 0.717) is 22.3 Å². The maximum atomic E-state index is 12.8. The Kier molecular flexibility index (Phi) is 7.19. The van der Waals surface area contributed by atoms with E-state index < -0.39 is 22.1 Å². The number of pyridine rings is 1. The number of H-pyrrole nitrogens is 1. The highest BCUT2D eigenvalue weighted by Crippen LogP contribution is 2.25. The quantitative estimate of drug-likeness (QED) is 0.149. The Hall–Kier alpha value is -5.23. The van der Waals surface area contributed by atoms with Crippen LogP contribution in [0.5, 0.6) is 11.5 Å². The fraction of sp³-hybridized carbons (Fsp3) is 0.0370. The predicted octanol–water partition coefficient (Wildman–Crippen LogP) is 4.27. The number of imidazole rings is 1. The highest BCUT2D eigenvalue weighted by molar-refractivity contribution is 7.87. The zero-order valence-corrected chi connectivity index (χ0v) is 21.0. The van der Waals surface area contributed by atoms with Gasteiger partial charge in [0, 0.05) is 12.3 Å². The van der Waals surface area contributed by atoms with Crippen LogP contribution < -0.4 is 19.6 Å². The van der Waals surface area contributed by atoms with Crippen LogP contribution >= 0.6 is 0 Å². The van der Waals surface area contributed by atoms with Gasteiger partial charge in [-0.2, -0.15) is 8.42 Å². The van der Waals surface area contributed by atoms with E-state index in [9.17, 15) is 18.0 Å². The minimum atomic E-state index is -4.19. The van der Waals surface area contributed by atoms with Crippen molar-refractivity contribution in [3.05, 3.63) is 108 Å². The summed E-state index contributed by atoms with van der Waals surface area (Å²) in [5, 5.41) is 5.26. The van der Waals surface area contributed by atoms with Crippen LogP contribution in [0.25, 0.3) is 11.0 Å². The number of nitrogens with zero attached hydrogens (tertiary/aromatic N) is 2. The number of amides is 2. The number of nitrogens with one attached hydrogen (secondary N) is 3. The molecule has 196 valence electrons. The topological polar surface area (TPSA) is 152 Å². The maximum absolute atomic E-state index is 12.8. The van der Waals surface area contributed by atoms with E-state index in [-0.39, 0.29) is 28.9 Å². The Morgan fingerprint density at radius 2 is 1.62 bits per heavy atom. The smallest absolute Gasteiger partial charge is 0.343 e. The fourth-order valence-corrected chi connectivity index (χ4v) is 4.44. The molecule has 2 aromatic heterocycles. The molecule has 2 heterocycles. The van der Waals surface area contributed by atoms with Crippen molar-refractivity contribution in [1.29, 1.82) is 0 Å². The highest BCUT2D eigenvalue weighted by atomic mass is 32.2. The number of hydrogen-bond acceptors (Lipinski definition) is 8. The Morgan fingerprint density at radius 1 is 0.872 bits per heavy atom. The Labute approximate surface area is 223 Å². The normalized spacial score (nSPS) is 11.1. The van der Waals surface area contributed by atoms with E-state index in [0.717, 1.165) is 0 Å². The minimum Gasteiger partial charge on any atom is -0.423 e. The van der Waals surface area contributed by atoms with Gasteiger partial charge in [-0.1, -0.05) is 24.3 Å². The first kappa shape index (κ1) is 25.4. The lowest BCUT2D eigenvalue weighted by molar-refractivity contribution is 0.0734. The number of hydrogen-bond donors (Lipinski definition) is 3. The number of benzene rings is 3. The lowest BCUT2D eigenvalue weighted by atomic mass is 10.2. The molecule has 0 aliphatic heterocycles. The number of anilines is 1. The number of ether oxygens (including phenoxy) is 1. The number of aromatic amines is 1. The van der Waals surface area contributed by atoms with Crippen molar-refractivity contribution in [2.45, 2.75) is 11.4 Å². The van der Waals surface area contributed by atoms with E-state index in [4.69, 9.17) is 8.92 Å². The van der Waals surface area contributed by atoms with Gasteiger partial charge < -0.3 is 19.2 Å². The number of urea groups is 1. The molecule has 0 saturated heterocycles. The second kappa shape index (κ2) is 11.0. The first-order valence-electron chi connectivity index (χ1n) is 11.6. The molecule has 0 radical (unpaired) electrons. The first-order chi connectivity index (χ1) is 18.9. The number of rotatable bonds is 8. The van der Waals surface area contributed by atoms with Gasteiger partial charge in [0.25, 0.3) is 0 Å². The van der Waals surface area contributed by atoms with Gasteiger partial charge >= 0.3 is 22.1 Å². The molecule has 5 rings (SSSR count). The molecule has 12 heteroatoms. The molecule has 39 heavy (non-hydrogen) atoms. The van der Waals surface area contributed by atoms with Crippen LogP contribution in [0.15, 0.2) is 102 Å². The van der Waals surface area contributed by atoms with Gasteiger partial charge in [-0.3, -0.25) is 10.3 Å². The fourth-order valence-electron chi connectivity index (χ4n) is 3.51. The molecule has 0 bridgehead atoms. The summed E-state index contributed by atoms with van der Waals surface area (Å²) in [6.07, 6.45) is 1.63. The molecular weight excluding hydrogens is 522 g/mol. The number of carbonyl (C=O) groups is 2. The number of esters is 1. The van der Waals surface area contributed by atoms with Crippen LogP contribution in [0, 0.1) is 0 Å². The second-order valence-corrected chi connectivity index (χ2v) is 9.70. The maximum Gasteiger partial charge on any atom is 0.343 e. The second-order valence-electron chi connectivity index (χ2n) is 8.16. The minimum absolute atomic E-state index is 0.0388. The van der Waals surface area contributed by atoms with Gasteiger partial charge in [0.1, 0.15) is 16.4 Å². The standard InChI is InChI=1S/C27H21N5O6S/c33-25(18-6-2-1-3-7-18)37-20-9-12-22(13-10-20)39(35,36)38-21-11-14-23-24(16-21)31-26(30-23)32-27(34)29-17-19-8-4-5-15-28-19/h1-16H,17H2,(H3,29,30,31,32,34). The predicted molar refractivity (Wildman–Crippen MR) is 142 cm³/mol. The van der Waals surface area contributed by atoms with Crippen LogP contribution in [0.2, 0.25) is 0 Å². The molecule has 11 nitrogen and oxygen atoms in total. The van der Waals surface area contributed by atoms with Gasteiger partial charge in [0.05, 0.1) is 28.8 Å². The van der Waals surface area contributed by atoms with Crippen molar-refractivity contribution >= 4 is 39.1 Å². The number of carbonyl (C=O) groups excluding carboxylic acids is 2. The molecule has 3 aromatic carbocycles. The monoisotopic (exact) mass is 543 g/mol. The molecule has 0 aliphatic carbocycles. The Bertz CT molecular complexity index is 1720. The summed E-state index contributed by atoms with van der Waals surface area (Å²) in [5.74, 6) is -0.165. The van der Waals surface area contributed by atoms with Crippen LogP contribution in [0.3, 0.4) is 0 Å². The SMILES string of the molecule is O=C(NCc1ccccn1)Nc1nc2ccc(OS(=O)(=O)c3ccc(OC(=O)c4ccccc4)cc3)cc2[nH]1. The molecule has 0 spiro atoms. The number of aromatic nitrogens is 3. The summed E-state index contributed by atoms with van der Waals surface area (Å²) >= 11 is 0. The molecule has 0 saturated carbocycles. The van der Waals surface area contributed by atoms with E-state index in [1.807, 2.05) is 6.07 Å². The lowest BCUT2D eigenvalue weighted by Crippen LogP contribution is -2.28. The third-order valence-electron chi connectivity index (χ3n) is 5.38. The van der Waals surface area contributed by atoms with Crippen molar-refractivity contribution in [2.24, 2.45) is 0 Å². The Morgan fingerprint density at radius 3 is 2.36 bits per heavy atom. The summed E-state index contributed by atoms with van der Waals surface area (Å²) in [6.45, 7) is 0.235. The van der Waals surface area contributed by atoms with Crippen molar-refractivity contribution in [3.63, 3.8) is 0 Å². The summed E-state index contributed by atoms with van der Waals surface area (Å²) in [5.41, 5.74) is 2.01. The largest absolute Gasteiger partial charge is 0.423 e. The summed E-state index contributed by atoms with van der Waals surface area (Å²) < 4.78 is 36.2. The van der Waals surface area contributed by atoms with Gasteiger partial charge in [0.15, 0.2) is 0 Å². The molecule has 3 N–H and O–H groups in total. The Balaban J connectivity index is 1.21. The average Bonchev–Trinajstić information content (AvgIpc) is 3.34. The molecule has 0 aliphatic rings. The number of fused-ring (bicyclic) bond motifs is 1. The molecule has 0 atom stereocenters. The third kappa shape index (κ3) is 6.37. The van der Waals surface area contributed by atoms with E-state index in [2.05, 4.69) is 25.6 Å². The van der Waals surface area contributed by atoms with Crippen molar-refractivity contribution in [2.75, 3.05) is 5.32 Å². The molecule has 0 fully saturated rings. The van der Waals surface area contributed by atoms with Crippen molar-refractivity contribution in [3.8, 4) is 11.5 Å². The van der Waals surface area contributed by atoms with E-state index in [1.165, 1.54) is 36.4 Å². The summed E-state index contributed by atoms with van der Waals surface area (Å²) in [4.78, 5) is 35.6. The molecule has 5 aromatic rings. The van der Waals surface area contributed by atoms with Crippen LogP contribution in [-0.2, 0) is 16.7 Å². The molecule has 2 amide bonds. The van der Waals surface area contributed by atoms with Gasteiger partial charge in [-0.15, -0.1) is 0 Å². The average molecular weight is 544 g/mol. The third-order valence-corrected chi connectivity index (χ3v) is 6.64. The van der Waals surface area contributed by atoms with Gasteiger partial charge in [0.2, 0.25) is 5.95 Å². The highest BCUT2D eigenvalue weighted by Gasteiger charge is 2.18. The van der Waals surface area contributed by atoms with Gasteiger partial charge in [-0.25, -0.2) is 14.6 Å². The summed E-state index contributed by atoms with van der Waals surface area (Å²) in [7, 11) is -4.19. The lowest BCUT2D eigenvalue weighted by Gasteiger charge is -2.08.